The van der Waals surface area contributed by atoms with Crippen LogP contribution in [0.5, 0.6) is 0 Å². The minimum Gasteiger partial charge on any atom is -0.375 e. The molecular formula is C25H33N3O2. The summed E-state index contributed by atoms with van der Waals surface area (Å²) in [4.78, 5) is 20.7. The average molecular weight is 408 g/mol. The highest BCUT2D eigenvalue weighted by Crippen LogP contribution is 2.27. The fourth-order valence-corrected chi connectivity index (χ4v) is 3.39. The molecule has 0 aromatic carbocycles. The van der Waals surface area contributed by atoms with Gasteiger partial charge in [-0.05, 0) is 62.5 Å². The van der Waals surface area contributed by atoms with Gasteiger partial charge in [-0.3, -0.25) is 9.78 Å². The third kappa shape index (κ3) is 6.10. The van der Waals surface area contributed by atoms with Crippen molar-refractivity contribution in [2.24, 2.45) is 0 Å². The van der Waals surface area contributed by atoms with E-state index in [-0.39, 0.29) is 12.5 Å². The van der Waals surface area contributed by atoms with Crippen LogP contribution in [0.1, 0.15) is 59.6 Å². The third-order valence-electron chi connectivity index (χ3n) is 5.12. The van der Waals surface area contributed by atoms with E-state index >= 15 is 0 Å². The van der Waals surface area contributed by atoms with Crippen molar-refractivity contribution in [3.8, 4) is 0 Å². The molecule has 160 valence electrons. The van der Waals surface area contributed by atoms with Crippen LogP contribution in [0.2, 0.25) is 0 Å². The van der Waals surface area contributed by atoms with Crippen molar-refractivity contribution < 1.29 is 9.53 Å². The first-order valence-electron chi connectivity index (χ1n) is 10.5. The molecule has 0 aliphatic rings. The number of carbonyl (C=O) groups excluding carboxylic acids is 1. The lowest BCUT2D eigenvalue weighted by atomic mass is 9.95. The Bertz CT molecular complexity index is 987. The zero-order chi connectivity index (χ0) is 22.1. The predicted octanol–water partition coefficient (Wildman–Crippen LogP) is 6.09. The second-order valence-corrected chi connectivity index (χ2v) is 7.41. The van der Waals surface area contributed by atoms with E-state index in [0.717, 1.165) is 41.3 Å². The molecular weight excluding hydrogens is 374 g/mol. The Balaban J connectivity index is 2.35. The molecule has 0 atom stereocenters. The number of anilines is 1. The van der Waals surface area contributed by atoms with Crippen molar-refractivity contribution in [2.75, 3.05) is 19.0 Å². The number of ether oxygens (including phenoxy) is 1. The number of aromatic nitrogens is 2. The van der Waals surface area contributed by atoms with Gasteiger partial charge >= 0.3 is 0 Å². The summed E-state index contributed by atoms with van der Waals surface area (Å²) >= 11 is 0. The van der Waals surface area contributed by atoms with Gasteiger partial charge in [-0.25, -0.2) is 4.98 Å². The second-order valence-electron chi connectivity index (χ2n) is 7.41. The molecule has 0 aliphatic heterocycles. The first-order chi connectivity index (χ1) is 14.4. The molecule has 0 radical (unpaired) electrons. The second kappa shape index (κ2) is 11.4. The molecule has 2 heterocycles. The molecule has 0 fully saturated rings. The molecule has 2 aromatic rings. The Hall–Kier alpha value is -2.79. The van der Waals surface area contributed by atoms with E-state index in [1.165, 1.54) is 23.8 Å². The molecule has 5 heteroatoms. The van der Waals surface area contributed by atoms with Gasteiger partial charge in [0.05, 0.1) is 5.69 Å². The molecule has 0 bridgehead atoms. The summed E-state index contributed by atoms with van der Waals surface area (Å²) < 4.78 is 4.84. The standard InChI is InChI=1S/C25H33N3O2/c1-7-10-19(17(4)8-2)11-18(5)22(9-3)23-12-20-15-27-24(13-21(20)14-26-23)28-25(29)16-30-6/h9,11-15H,7-8,10,16H2,1-6H3,(H,27,28,29)/b18-11-,19-17+,22-9+. The van der Waals surface area contributed by atoms with E-state index in [0.29, 0.717) is 5.82 Å². The Morgan fingerprint density at radius 2 is 1.83 bits per heavy atom. The number of carbonyl (C=O) groups is 1. The van der Waals surface area contributed by atoms with Gasteiger partial charge in [0.1, 0.15) is 12.4 Å². The van der Waals surface area contributed by atoms with Crippen LogP contribution in [0.15, 0.2) is 53.4 Å². The van der Waals surface area contributed by atoms with Gasteiger partial charge < -0.3 is 10.1 Å². The minimum atomic E-state index is -0.232. The van der Waals surface area contributed by atoms with E-state index in [4.69, 9.17) is 4.74 Å². The summed E-state index contributed by atoms with van der Waals surface area (Å²) in [6.45, 7) is 10.8. The molecule has 0 saturated carbocycles. The first-order valence-corrected chi connectivity index (χ1v) is 10.5. The van der Waals surface area contributed by atoms with Gasteiger partial charge in [0.15, 0.2) is 0 Å². The first kappa shape index (κ1) is 23.5. The van der Waals surface area contributed by atoms with Gasteiger partial charge in [-0.15, -0.1) is 0 Å². The molecule has 30 heavy (non-hydrogen) atoms. The highest BCUT2D eigenvalue weighted by Gasteiger charge is 2.09. The summed E-state index contributed by atoms with van der Waals surface area (Å²) in [5.74, 6) is 0.259. The van der Waals surface area contributed by atoms with Gasteiger partial charge in [-0.1, -0.05) is 38.0 Å². The number of nitrogens with one attached hydrogen (secondary N) is 1. The number of hydrogen-bond donors (Lipinski definition) is 1. The molecule has 2 aromatic heterocycles. The topological polar surface area (TPSA) is 64.1 Å². The fourth-order valence-electron chi connectivity index (χ4n) is 3.39. The molecule has 0 spiro atoms. The van der Waals surface area contributed by atoms with Crippen LogP contribution in [0.4, 0.5) is 5.82 Å². The molecule has 0 saturated heterocycles. The molecule has 0 aliphatic carbocycles. The highest BCUT2D eigenvalue weighted by atomic mass is 16.5. The third-order valence-corrected chi connectivity index (χ3v) is 5.12. The number of pyridine rings is 2. The van der Waals surface area contributed by atoms with Crippen LogP contribution in [0.3, 0.4) is 0 Å². The van der Waals surface area contributed by atoms with Crippen molar-refractivity contribution in [1.82, 2.24) is 9.97 Å². The van der Waals surface area contributed by atoms with Crippen LogP contribution in [0, 0.1) is 0 Å². The van der Waals surface area contributed by atoms with Crippen molar-refractivity contribution in [2.45, 2.75) is 53.9 Å². The lowest BCUT2D eigenvalue weighted by Crippen LogP contribution is -2.17. The maximum Gasteiger partial charge on any atom is 0.251 e. The Labute approximate surface area is 180 Å². The van der Waals surface area contributed by atoms with Crippen LogP contribution in [0.25, 0.3) is 16.3 Å². The molecule has 1 N–H and O–H groups in total. The van der Waals surface area contributed by atoms with Crippen LogP contribution in [-0.4, -0.2) is 29.6 Å². The number of nitrogens with zero attached hydrogens (tertiary/aromatic N) is 2. The van der Waals surface area contributed by atoms with E-state index in [1.807, 2.05) is 25.3 Å². The fraction of sp³-hybridized carbons (Fsp3) is 0.400. The van der Waals surface area contributed by atoms with E-state index < -0.39 is 0 Å². The summed E-state index contributed by atoms with van der Waals surface area (Å²) in [7, 11) is 1.48. The lowest BCUT2D eigenvalue weighted by molar-refractivity contribution is -0.119. The van der Waals surface area contributed by atoms with E-state index in [1.54, 1.807) is 6.20 Å². The molecule has 1 amide bonds. The van der Waals surface area contributed by atoms with Crippen molar-refractivity contribution in [1.29, 1.82) is 0 Å². The number of allylic oxidation sites excluding steroid dienone is 6. The van der Waals surface area contributed by atoms with Crippen molar-refractivity contribution >= 4 is 28.1 Å². The number of amides is 1. The Kier molecular flexibility index (Phi) is 8.93. The molecule has 5 nitrogen and oxygen atoms in total. The SMILES string of the molecule is C\C=C(/C(C)=C\C(CCC)=C(/C)CC)c1cc2cnc(NC(=O)COC)cc2cn1. The summed E-state index contributed by atoms with van der Waals surface area (Å²) in [5, 5.41) is 4.62. The van der Waals surface area contributed by atoms with E-state index in [9.17, 15) is 4.79 Å². The summed E-state index contributed by atoms with van der Waals surface area (Å²) in [6.07, 6.45) is 11.3. The maximum atomic E-state index is 11.7. The van der Waals surface area contributed by atoms with Gasteiger partial charge in [0.2, 0.25) is 0 Å². The smallest absolute Gasteiger partial charge is 0.251 e. The summed E-state index contributed by atoms with van der Waals surface area (Å²) in [5.41, 5.74) is 6.09. The Morgan fingerprint density at radius 1 is 1.13 bits per heavy atom. The molecule has 2 rings (SSSR count). The number of fused-ring (bicyclic) bond motifs is 1. The number of hydrogen-bond acceptors (Lipinski definition) is 4. The van der Waals surface area contributed by atoms with Crippen LogP contribution >= 0.6 is 0 Å². The monoisotopic (exact) mass is 407 g/mol. The van der Waals surface area contributed by atoms with Gasteiger partial charge in [-0.2, -0.15) is 0 Å². The highest BCUT2D eigenvalue weighted by molar-refractivity contribution is 5.94. The van der Waals surface area contributed by atoms with Crippen molar-refractivity contribution in [3.05, 3.63) is 59.1 Å². The summed E-state index contributed by atoms with van der Waals surface area (Å²) in [6, 6.07) is 3.87. The predicted molar refractivity (Wildman–Crippen MR) is 125 cm³/mol. The number of methoxy groups -OCH3 is 1. The normalized spacial score (nSPS) is 13.4. The van der Waals surface area contributed by atoms with Gasteiger partial charge in [0.25, 0.3) is 5.91 Å². The van der Waals surface area contributed by atoms with Gasteiger partial charge in [0, 0.05) is 30.3 Å². The zero-order valence-corrected chi connectivity index (χ0v) is 19.0. The van der Waals surface area contributed by atoms with Crippen LogP contribution in [-0.2, 0) is 9.53 Å². The average Bonchev–Trinajstić information content (AvgIpc) is 2.73. The van der Waals surface area contributed by atoms with E-state index in [2.05, 4.69) is 55.1 Å². The van der Waals surface area contributed by atoms with Crippen LogP contribution < -0.4 is 5.32 Å². The number of rotatable bonds is 9. The quantitative estimate of drug-likeness (QED) is 0.511. The molecule has 0 unspecified atom stereocenters. The largest absolute Gasteiger partial charge is 0.375 e. The lowest BCUT2D eigenvalue weighted by Gasteiger charge is -2.12. The zero-order valence-electron chi connectivity index (χ0n) is 19.0. The Morgan fingerprint density at radius 3 is 2.47 bits per heavy atom. The minimum absolute atomic E-state index is 0.000851. The van der Waals surface area contributed by atoms with Crippen molar-refractivity contribution in [3.63, 3.8) is 0 Å². The maximum absolute atomic E-state index is 11.7.